The summed E-state index contributed by atoms with van der Waals surface area (Å²) in [5, 5.41) is 0.882. The van der Waals surface area contributed by atoms with E-state index in [1.807, 2.05) is 4.90 Å². The summed E-state index contributed by atoms with van der Waals surface area (Å²) in [4.78, 5) is 14.3. The Balaban J connectivity index is 1.97. The molecule has 0 aliphatic carbocycles. The molecule has 4 heteroatoms. The highest BCUT2D eigenvalue weighted by Gasteiger charge is 2.37. The van der Waals surface area contributed by atoms with Crippen molar-refractivity contribution in [3.63, 3.8) is 0 Å². The van der Waals surface area contributed by atoms with Crippen molar-refractivity contribution in [2.24, 2.45) is 5.92 Å². The van der Waals surface area contributed by atoms with Gasteiger partial charge in [0.05, 0.1) is 0 Å². The molecule has 3 nitrogen and oxygen atoms in total. The number of hydrogen-bond donors (Lipinski definition) is 0. The number of amides is 1. The smallest absolute Gasteiger partial charge is 0.251 e. The molecule has 2 rings (SSSR count). The first-order valence-electron chi connectivity index (χ1n) is 6.22. The number of likely N-dealkylation sites (tertiary alicyclic amines) is 1. The van der Waals surface area contributed by atoms with Crippen LogP contribution in [0, 0.1) is 5.92 Å². The first kappa shape index (κ1) is 12.4. The van der Waals surface area contributed by atoms with Gasteiger partial charge in [-0.25, -0.2) is 0 Å². The van der Waals surface area contributed by atoms with E-state index in [0.29, 0.717) is 12.0 Å². The average molecular weight is 290 g/mol. The van der Waals surface area contributed by atoms with Crippen LogP contribution in [0.25, 0.3) is 0 Å². The molecule has 0 spiro atoms. The molecule has 0 aromatic rings. The van der Waals surface area contributed by atoms with E-state index in [2.05, 4.69) is 22.9 Å². The monoisotopic (exact) mass is 289 g/mol. The van der Waals surface area contributed by atoms with Crippen molar-refractivity contribution in [2.75, 3.05) is 18.5 Å². The van der Waals surface area contributed by atoms with Crippen LogP contribution in [0.2, 0.25) is 0 Å². The van der Waals surface area contributed by atoms with Gasteiger partial charge in [0.25, 0.3) is 5.91 Å². The largest absolute Gasteiger partial charge is 0.368 e. The third-order valence-electron chi connectivity index (χ3n) is 3.78. The molecular weight excluding hydrogens is 270 g/mol. The lowest BCUT2D eigenvalue weighted by Crippen LogP contribution is -2.46. The summed E-state index contributed by atoms with van der Waals surface area (Å²) in [6.45, 7) is 3.87. The van der Waals surface area contributed by atoms with E-state index in [9.17, 15) is 4.79 Å². The Morgan fingerprint density at radius 2 is 2.25 bits per heavy atom. The molecular formula is C12H20BrNO2. The fraction of sp³-hybridized carbons (Fsp3) is 0.917. The van der Waals surface area contributed by atoms with Gasteiger partial charge in [-0.2, -0.15) is 0 Å². The quantitative estimate of drug-likeness (QED) is 0.730. The lowest BCUT2D eigenvalue weighted by Gasteiger charge is -2.31. The second-order valence-electron chi connectivity index (χ2n) is 4.87. The first-order chi connectivity index (χ1) is 7.74. The molecule has 0 radical (unpaired) electrons. The highest BCUT2D eigenvalue weighted by atomic mass is 79.9. The predicted octanol–water partition coefficient (Wildman–Crippen LogP) is 2.19. The Kier molecular flexibility index (Phi) is 4.25. The van der Waals surface area contributed by atoms with E-state index in [1.165, 1.54) is 0 Å². The molecule has 0 aromatic carbocycles. The van der Waals surface area contributed by atoms with Crippen molar-refractivity contribution in [1.29, 1.82) is 0 Å². The molecule has 92 valence electrons. The lowest BCUT2D eigenvalue weighted by atomic mass is 10.0. The van der Waals surface area contributed by atoms with Crippen LogP contribution < -0.4 is 0 Å². The number of carbonyl (C=O) groups excluding carboxylic acids is 1. The van der Waals surface area contributed by atoms with E-state index in [-0.39, 0.29) is 12.0 Å². The highest BCUT2D eigenvalue weighted by molar-refractivity contribution is 9.09. The van der Waals surface area contributed by atoms with Crippen LogP contribution in [-0.2, 0) is 9.53 Å². The maximum Gasteiger partial charge on any atom is 0.251 e. The Morgan fingerprint density at radius 1 is 1.44 bits per heavy atom. The molecule has 0 aromatic heterocycles. The zero-order chi connectivity index (χ0) is 11.5. The van der Waals surface area contributed by atoms with E-state index < -0.39 is 0 Å². The van der Waals surface area contributed by atoms with Gasteiger partial charge in [0, 0.05) is 24.5 Å². The van der Waals surface area contributed by atoms with Crippen molar-refractivity contribution in [1.82, 2.24) is 4.90 Å². The van der Waals surface area contributed by atoms with Crippen LogP contribution in [0.5, 0.6) is 0 Å². The summed E-state index contributed by atoms with van der Waals surface area (Å²) in [6.07, 6.45) is 4.08. The zero-order valence-electron chi connectivity index (χ0n) is 9.82. The van der Waals surface area contributed by atoms with Crippen molar-refractivity contribution in [3.8, 4) is 0 Å². The van der Waals surface area contributed by atoms with Crippen molar-refractivity contribution in [3.05, 3.63) is 0 Å². The molecule has 2 aliphatic heterocycles. The molecule has 16 heavy (non-hydrogen) atoms. The molecule has 3 atom stereocenters. The summed E-state index contributed by atoms with van der Waals surface area (Å²) in [7, 11) is 0. The van der Waals surface area contributed by atoms with Gasteiger partial charge in [0.1, 0.15) is 6.10 Å². The minimum atomic E-state index is -0.166. The Hall–Kier alpha value is -0.0900. The summed E-state index contributed by atoms with van der Waals surface area (Å²) in [5.41, 5.74) is 0. The van der Waals surface area contributed by atoms with Gasteiger partial charge in [0.2, 0.25) is 0 Å². The van der Waals surface area contributed by atoms with Crippen molar-refractivity contribution in [2.45, 2.75) is 44.8 Å². The van der Waals surface area contributed by atoms with E-state index in [1.54, 1.807) is 0 Å². The molecule has 0 saturated carbocycles. The maximum absolute atomic E-state index is 12.3. The Labute approximate surface area is 106 Å². The average Bonchev–Trinajstić information content (AvgIpc) is 2.70. The van der Waals surface area contributed by atoms with Crippen LogP contribution in [-0.4, -0.2) is 41.4 Å². The fourth-order valence-corrected chi connectivity index (χ4v) is 3.63. The highest BCUT2D eigenvalue weighted by Crippen LogP contribution is 2.27. The predicted molar refractivity (Wildman–Crippen MR) is 66.7 cm³/mol. The minimum absolute atomic E-state index is 0.166. The van der Waals surface area contributed by atoms with Gasteiger partial charge in [-0.3, -0.25) is 4.79 Å². The van der Waals surface area contributed by atoms with E-state index in [0.717, 1.165) is 44.2 Å². The van der Waals surface area contributed by atoms with Crippen molar-refractivity contribution < 1.29 is 9.53 Å². The molecule has 0 N–H and O–H groups in total. The minimum Gasteiger partial charge on any atom is -0.368 e. The van der Waals surface area contributed by atoms with Crippen LogP contribution in [0.4, 0.5) is 0 Å². The normalized spacial score (nSPS) is 35.4. The third kappa shape index (κ3) is 2.43. The number of rotatable bonds is 2. The number of nitrogens with zero attached hydrogens (tertiary/aromatic N) is 1. The molecule has 1 amide bonds. The molecule has 2 fully saturated rings. The lowest BCUT2D eigenvalue weighted by molar-refractivity contribution is -0.147. The third-order valence-corrected chi connectivity index (χ3v) is 4.44. The number of ether oxygens (including phenoxy) is 1. The van der Waals surface area contributed by atoms with Crippen LogP contribution >= 0.6 is 15.9 Å². The second kappa shape index (κ2) is 5.50. The molecule has 3 unspecified atom stereocenters. The van der Waals surface area contributed by atoms with E-state index >= 15 is 0 Å². The summed E-state index contributed by atoms with van der Waals surface area (Å²) in [6, 6.07) is 0.359. The topological polar surface area (TPSA) is 29.5 Å². The molecule has 2 heterocycles. The summed E-state index contributed by atoms with van der Waals surface area (Å²) >= 11 is 3.51. The van der Waals surface area contributed by atoms with Crippen LogP contribution in [0.1, 0.15) is 32.6 Å². The summed E-state index contributed by atoms with van der Waals surface area (Å²) in [5.74, 6) is 0.820. The SMILES string of the molecule is CC1CCN(C(=O)C2CCCCO2)C1CBr. The van der Waals surface area contributed by atoms with Crippen LogP contribution in [0.3, 0.4) is 0 Å². The zero-order valence-corrected chi connectivity index (χ0v) is 11.4. The Morgan fingerprint density at radius 3 is 2.88 bits per heavy atom. The molecule has 2 aliphatic rings. The molecule has 2 saturated heterocycles. The summed E-state index contributed by atoms with van der Waals surface area (Å²) < 4.78 is 5.57. The standard InChI is InChI=1S/C12H20BrNO2/c1-9-5-6-14(10(9)8-13)12(15)11-4-2-3-7-16-11/h9-11H,2-8H2,1H3. The van der Waals surface area contributed by atoms with Crippen molar-refractivity contribution >= 4 is 21.8 Å². The van der Waals surface area contributed by atoms with Gasteiger partial charge in [-0.15, -0.1) is 0 Å². The fourth-order valence-electron chi connectivity index (χ4n) is 2.64. The first-order valence-corrected chi connectivity index (χ1v) is 7.34. The van der Waals surface area contributed by atoms with Gasteiger partial charge in [-0.1, -0.05) is 22.9 Å². The number of hydrogen-bond acceptors (Lipinski definition) is 2. The van der Waals surface area contributed by atoms with Gasteiger partial charge >= 0.3 is 0 Å². The number of halogens is 1. The number of carbonyl (C=O) groups is 1. The maximum atomic E-state index is 12.3. The second-order valence-corrected chi connectivity index (χ2v) is 5.52. The van der Waals surface area contributed by atoms with E-state index in [4.69, 9.17) is 4.74 Å². The van der Waals surface area contributed by atoms with Gasteiger partial charge in [-0.05, 0) is 31.6 Å². The molecule has 0 bridgehead atoms. The van der Waals surface area contributed by atoms with Crippen LogP contribution in [0.15, 0.2) is 0 Å². The number of alkyl halides is 1. The Bertz CT molecular complexity index is 253. The van der Waals surface area contributed by atoms with Gasteiger partial charge in [0.15, 0.2) is 0 Å². The van der Waals surface area contributed by atoms with Gasteiger partial charge < -0.3 is 9.64 Å².